The summed E-state index contributed by atoms with van der Waals surface area (Å²) in [6, 6.07) is 9.59. The van der Waals surface area contributed by atoms with Crippen LogP contribution in [0.15, 0.2) is 36.5 Å². The summed E-state index contributed by atoms with van der Waals surface area (Å²) in [5.41, 5.74) is 0.848. The average molecular weight is 427 g/mol. The molecule has 8 heteroatoms. The Morgan fingerprint density at radius 2 is 1.84 bits per heavy atom. The van der Waals surface area contributed by atoms with Crippen molar-refractivity contribution < 1.29 is 19.4 Å². The molecule has 1 N–H and O–H groups in total. The number of fused-ring (bicyclic) bond motifs is 1. The first-order valence-electron chi connectivity index (χ1n) is 10.9. The maximum atomic E-state index is 13.0. The van der Waals surface area contributed by atoms with Crippen LogP contribution in [-0.2, 0) is 4.79 Å². The second kappa shape index (κ2) is 9.09. The zero-order chi connectivity index (χ0) is 22.0. The molecule has 2 aromatic rings. The monoisotopic (exact) mass is 426 g/mol. The number of piperidine rings is 2. The maximum Gasteiger partial charge on any atom is 0.319 e. The van der Waals surface area contributed by atoms with Gasteiger partial charge in [-0.2, -0.15) is 0 Å². The molecule has 1 aromatic carbocycles. The molecule has 0 aliphatic carbocycles. The molecule has 31 heavy (non-hydrogen) atoms. The number of likely N-dealkylation sites (tertiary alicyclic amines) is 2. The molecular formula is C23H30N4O4. The SMILES string of the molecule is CN(C)C(=O)N1CCC(C(=O)N2CC[C@@H](Oc3ccc4cccnc4c3)[C@H](O)C2)CC1. The Kier molecular flexibility index (Phi) is 6.27. The van der Waals surface area contributed by atoms with Crippen LogP contribution in [0.4, 0.5) is 4.79 Å². The van der Waals surface area contributed by atoms with Gasteiger partial charge in [-0.1, -0.05) is 6.07 Å². The van der Waals surface area contributed by atoms with E-state index in [1.54, 1.807) is 35.0 Å². The van der Waals surface area contributed by atoms with Gasteiger partial charge in [-0.25, -0.2) is 4.79 Å². The van der Waals surface area contributed by atoms with Gasteiger partial charge in [0, 0.05) is 63.7 Å². The first-order chi connectivity index (χ1) is 14.9. The topological polar surface area (TPSA) is 86.2 Å². The van der Waals surface area contributed by atoms with Crippen LogP contribution < -0.4 is 4.74 Å². The summed E-state index contributed by atoms with van der Waals surface area (Å²) in [6.07, 6.45) is 2.54. The zero-order valence-corrected chi connectivity index (χ0v) is 18.1. The van der Waals surface area contributed by atoms with Gasteiger partial charge in [0.2, 0.25) is 5.91 Å². The lowest BCUT2D eigenvalue weighted by atomic mass is 9.93. The number of pyridine rings is 1. The van der Waals surface area contributed by atoms with Crippen LogP contribution in [0.2, 0.25) is 0 Å². The van der Waals surface area contributed by atoms with Gasteiger partial charge in [-0.3, -0.25) is 9.78 Å². The molecule has 0 radical (unpaired) electrons. The first-order valence-corrected chi connectivity index (χ1v) is 10.9. The number of rotatable bonds is 3. The Bertz CT molecular complexity index is 942. The third-order valence-electron chi connectivity index (χ3n) is 6.19. The molecule has 0 unspecified atom stereocenters. The Labute approximate surface area is 182 Å². The van der Waals surface area contributed by atoms with E-state index >= 15 is 0 Å². The van der Waals surface area contributed by atoms with Crippen molar-refractivity contribution >= 4 is 22.8 Å². The summed E-state index contributed by atoms with van der Waals surface area (Å²) >= 11 is 0. The lowest BCUT2D eigenvalue weighted by molar-refractivity contribution is -0.142. The number of nitrogens with zero attached hydrogens (tertiary/aromatic N) is 4. The molecule has 3 amide bonds. The third-order valence-corrected chi connectivity index (χ3v) is 6.19. The van der Waals surface area contributed by atoms with Crippen LogP contribution in [0, 0.1) is 5.92 Å². The van der Waals surface area contributed by atoms with Crippen molar-refractivity contribution in [1.29, 1.82) is 0 Å². The van der Waals surface area contributed by atoms with Crippen LogP contribution in [0.3, 0.4) is 0 Å². The number of hydrogen-bond acceptors (Lipinski definition) is 5. The van der Waals surface area contributed by atoms with Crippen molar-refractivity contribution in [3.05, 3.63) is 36.5 Å². The van der Waals surface area contributed by atoms with Gasteiger partial charge < -0.3 is 24.5 Å². The molecule has 2 aliphatic rings. The summed E-state index contributed by atoms with van der Waals surface area (Å²) in [5.74, 6) is 0.653. The molecule has 0 bridgehead atoms. The molecule has 2 saturated heterocycles. The fourth-order valence-corrected chi connectivity index (χ4v) is 4.40. The minimum absolute atomic E-state index is 0.0109. The maximum absolute atomic E-state index is 13.0. The third kappa shape index (κ3) is 4.74. The number of aliphatic hydroxyl groups excluding tert-OH is 1. The molecule has 4 rings (SSSR count). The molecule has 2 aliphatic heterocycles. The smallest absolute Gasteiger partial charge is 0.319 e. The fourth-order valence-electron chi connectivity index (χ4n) is 4.40. The van der Waals surface area contributed by atoms with E-state index in [0.29, 0.717) is 44.6 Å². The zero-order valence-electron chi connectivity index (χ0n) is 18.1. The Balaban J connectivity index is 1.30. The van der Waals surface area contributed by atoms with E-state index in [1.165, 1.54) is 0 Å². The highest BCUT2D eigenvalue weighted by Crippen LogP contribution is 2.26. The van der Waals surface area contributed by atoms with E-state index in [9.17, 15) is 14.7 Å². The standard InChI is InChI=1S/C23H30N4O4/c1-25(2)23(30)26-11-7-17(8-12-26)22(29)27-13-9-21(20(28)15-27)31-18-6-5-16-4-3-10-24-19(16)14-18/h3-6,10,14,17,20-21,28H,7-9,11-13,15H2,1-2H3/t20-,21-/m1/s1. The number of benzene rings is 1. The Morgan fingerprint density at radius 3 is 2.55 bits per heavy atom. The van der Waals surface area contributed by atoms with E-state index in [0.717, 1.165) is 10.9 Å². The van der Waals surface area contributed by atoms with E-state index in [4.69, 9.17) is 4.74 Å². The number of carbonyl (C=O) groups excluding carboxylic acids is 2. The van der Waals surface area contributed by atoms with Crippen molar-refractivity contribution in [2.24, 2.45) is 5.92 Å². The van der Waals surface area contributed by atoms with E-state index in [-0.39, 0.29) is 30.5 Å². The number of aromatic nitrogens is 1. The quantitative estimate of drug-likeness (QED) is 0.811. The molecule has 8 nitrogen and oxygen atoms in total. The van der Waals surface area contributed by atoms with Crippen molar-refractivity contribution in [3.63, 3.8) is 0 Å². The highest BCUT2D eigenvalue weighted by molar-refractivity contribution is 5.80. The average Bonchev–Trinajstić information content (AvgIpc) is 2.79. The highest BCUT2D eigenvalue weighted by Gasteiger charge is 2.36. The summed E-state index contributed by atoms with van der Waals surface area (Å²) < 4.78 is 6.04. The summed E-state index contributed by atoms with van der Waals surface area (Å²) in [4.78, 5) is 34.5. The predicted molar refractivity (Wildman–Crippen MR) is 117 cm³/mol. The first kappa shape index (κ1) is 21.4. The molecule has 1 aromatic heterocycles. The largest absolute Gasteiger partial charge is 0.488 e. The van der Waals surface area contributed by atoms with Crippen molar-refractivity contribution in [2.75, 3.05) is 40.3 Å². The molecular weight excluding hydrogens is 396 g/mol. The van der Waals surface area contributed by atoms with Crippen molar-refractivity contribution in [3.8, 4) is 5.75 Å². The van der Waals surface area contributed by atoms with Gasteiger partial charge in [0.1, 0.15) is 18.0 Å². The van der Waals surface area contributed by atoms with Crippen LogP contribution in [0.5, 0.6) is 5.75 Å². The Hall–Kier alpha value is -2.87. The number of ether oxygens (including phenoxy) is 1. The Morgan fingerprint density at radius 1 is 1.10 bits per heavy atom. The molecule has 3 heterocycles. The van der Waals surface area contributed by atoms with Crippen LogP contribution in [-0.4, -0.2) is 89.2 Å². The second-order valence-corrected chi connectivity index (χ2v) is 8.59. The summed E-state index contributed by atoms with van der Waals surface area (Å²) in [6.45, 7) is 2.01. The number of urea groups is 1. The van der Waals surface area contributed by atoms with Crippen molar-refractivity contribution in [1.82, 2.24) is 19.7 Å². The van der Waals surface area contributed by atoms with Gasteiger partial charge >= 0.3 is 6.03 Å². The molecule has 166 valence electrons. The summed E-state index contributed by atoms with van der Waals surface area (Å²) in [5, 5.41) is 11.7. The van der Waals surface area contributed by atoms with Gasteiger partial charge in [0.05, 0.1) is 12.1 Å². The highest BCUT2D eigenvalue weighted by atomic mass is 16.5. The van der Waals surface area contributed by atoms with Crippen LogP contribution in [0.1, 0.15) is 19.3 Å². The van der Waals surface area contributed by atoms with Gasteiger partial charge in [-0.15, -0.1) is 0 Å². The minimum Gasteiger partial charge on any atom is -0.488 e. The van der Waals surface area contributed by atoms with E-state index in [1.807, 2.05) is 30.3 Å². The second-order valence-electron chi connectivity index (χ2n) is 8.59. The van der Waals surface area contributed by atoms with Crippen LogP contribution >= 0.6 is 0 Å². The lowest BCUT2D eigenvalue weighted by Crippen LogP contribution is -2.53. The molecule has 2 atom stereocenters. The number of hydrogen-bond donors (Lipinski definition) is 1. The molecule has 2 fully saturated rings. The van der Waals surface area contributed by atoms with Gasteiger partial charge in [-0.05, 0) is 31.0 Å². The van der Waals surface area contributed by atoms with Gasteiger partial charge in [0.15, 0.2) is 0 Å². The number of aliphatic hydroxyl groups is 1. The fraction of sp³-hybridized carbons (Fsp3) is 0.522. The molecule has 0 spiro atoms. The van der Waals surface area contributed by atoms with Crippen molar-refractivity contribution in [2.45, 2.75) is 31.5 Å². The van der Waals surface area contributed by atoms with E-state index < -0.39 is 6.10 Å². The van der Waals surface area contributed by atoms with Gasteiger partial charge in [0.25, 0.3) is 0 Å². The molecule has 0 saturated carbocycles. The lowest BCUT2D eigenvalue weighted by Gasteiger charge is -2.39. The number of amides is 3. The van der Waals surface area contributed by atoms with Crippen LogP contribution in [0.25, 0.3) is 10.9 Å². The van der Waals surface area contributed by atoms with E-state index in [2.05, 4.69) is 4.98 Å². The summed E-state index contributed by atoms with van der Waals surface area (Å²) in [7, 11) is 3.48. The predicted octanol–water partition coefficient (Wildman–Crippen LogP) is 1.97. The number of β-amino-alcohol motifs (C(OH)–C–C–N with tert-alkyl or cyclic N) is 1. The number of carbonyl (C=O) groups is 2. The normalized spacial score (nSPS) is 22.4. The minimum atomic E-state index is -0.743.